The van der Waals surface area contributed by atoms with E-state index in [1.165, 1.54) is 16.0 Å². The molecule has 6 heteroatoms. The summed E-state index contributed by atoms with van der Waals surface area (Å²) < 4.78 is 0. The summed E-state index contributed by atoms with van der Waals surface area (Å²) in [5.41, 5.74) is 4.85. The van der Waals surface area contributed by atoms with Crippen molar-refractivity contribution in [2.24, 2.45) is 0 Å². The number of amides is 2. The van der Waals surface area contributed by atoms with E-state index in [1.807, 2.05) is 37.3 Å². The Morgan fingerprint density at radius 2 is 1.71 bits per heavy atom. The van der Waals surface area contributed by atoms with Gasteiger partial charge in [-0.25, -0.2) is 0 Å². The van der Waals surface area contributed by atoms with E-state index in [1.54, 1.807) is 11.3 Å². The third-order valence-electron chi connectivity index (χ3n) is 5.71. The molecule has 1 aromatic heterocycles. The quantitative estimate of drug-likeness (QED) is 0.584. The van der Waals surface area contributed by atoms with Crippen LogP contribution < -0.4 is 10.6 Å². The highest BCUT2D eigenvalue weighted by molar-refractivity contribution is 7.10. The molecule has 2 heterocycles. The molecule has 5 nitrogen and oxygen atoms in total. The highest BCUT2D eigenvalue weighted by Gasteiger charge is 2.26. The van der Waals surface area contributed by atoms with Gasteiger partial charge in [-0.1, -0.05) is 60.2 Å². The van der Waals surface area contributed by atoms with Gasteiger partial charge in [0.15, 0.2) is 0 Å². The second-order valence-corrected chi connectivity index (χ2v) is 8.88. The topological polar surface area (TPSA) is 61.4 Å². The van der Waals surface area contributed by atoms with E-state index < -0.39 is 11.8 Å². The van der Waals surface area contributed by atoms with E-state index in [9.17, 15) is 9.59 Å². The number of nitrogens with zero attached hydrogens (tertiary/aromatic N) is 1. The van der Waals surface area contributed by atoms with E-state index in [0.717, 1.165) is 30.6 Å². The third kappa shape index (κ3) is 5.40. The smallest absolute Gasteiger partial charge is 0.309 e. The maximum atomic E-state index is 12.4. The number of hydrogen-bond acceptors (Lipinski definition) is 4. The number of fused-ring (bicyclic) bond motifs is 1. The summed E-state index contributed by atoms with van der Waals surface area (Å²) in [5.74, 6) is -1.19. The minimum Gasteiger partial charge on any atom is -0.346 e. The van der Waals surface area contributed by atoms with Crippen LogP contribution in [0.25, 0.3) is 0 Å². The van der Waals surface area contributed by atoms with Crippen molar-refractivity contribution in [1.82, 2.24) is 15.5 Å². The number of hydrogen-bond donors (Lipinski definition) is 2. The molecule has 0 radical (unpaired) electrons. The Hall–Kier alpha value is -2.96. The number of nitrogens with one attached hydrogen (secondary N) is 2. The summed E-state index contributed by atoms with van der Waals surface area (Å²) in [6.07, 6.45) is 0.989. The molecular weight excluding hydrogens is 406 g/mol. The SMILES string of the molecule is Cc1ccc(CNC(=O)C(=O)NCC(c2cccs2)N2CCc3ccccc3C2)cc1. The molecule has 0 spiro atoms. The van der Waals surface area contributed by atoms with E-state index in [0.29, 0.717) is 13.1 Å². The Balaban J connectivity index is 1.36. The molecule has 2 amide bonds. The lowest BCUT2D eigenvalue weighted by Gasteiger charge is -2.35. The molecule has 2 N–H and O–H groups in total. The zero-order valence-corrected chi connectivity index (χ0v) is 18.5. The first kappa shape index (κ1) is 21.3. The summed E-state index contributed by atoms with van der Waals surface area (Å²) in [7, 11) is 0. The lowest BCUT2D eigenvalue weighted by atomic mass is 9.98. The first-order valence-electron chi connectivity index (χ1n) is 10.6. The second-order valence-electron chi connectivity index (χ2n) is 7.90. The molecule has 1 atom stereocenters. The van der Waals surface area contributed by atoms with Crippen molar-refractivity contribution in [1.29, 1.82) is 0 Å². The van der Waals surface area contributed by atoms with Crippen molar-refractivity contribution in [3.63, 3.8) is 0 Å². The number of carbonyl (C=O) groups is 2. The monoisotopic (exact) mass is 433 g/mol. The van der Waals surface area contributed by atoms with Gasteiger partial charge in [-0.3, -0.25) is 14.5 Å². The summed E-state index contributed by atoms with van der Waals surface area (Å²) >= 11 is 1.68. The Morgan fingerprint density at radius 1 is 0.968 bits per heavy atom. The number of aryl methyl sites for hydroxylation is 1. The Bertz CT molecular complexity index is 1030. The molecule has 0 fully saturated rings. The van der Waals surface area contributed by atoms with E-state index in [2.05, 4.69) is 51.2 Å². The summed E-state index contributed by atoms with van der Waals surface area (Å²) in [6, 6.07) is 20.6. The lowest BCUT2D eigenvalue weighted by Crippen LogP contribution is -2.44. The third-order valence-corrected chi connectivity index (χ3v) is 6.68. The minimum atomic E-state index is -0.602. The molecule has 0 bridgehead atoms. The molecule has 160 valence electrons. The zero-order valence-electron chi connectivity index (χ0n) is 17.6. The fourth-order valence-electron chi connectivity index (χ4n) is 3.91. The first-order chi connectivity index (χ1) is 15.1. The predicted octanol–water partition coefficient (Wildman–Crippen LogP) is 3.59. The van der Waals surface area contributed by atoms with Gasteiger partial charge in [-0.2, -0.15) is 0 Å². The molecule has 4 rings (SSSR count). The van der Waals surface area contributed by atoms with Gasteiger partial charge < -0.3 is 10.6 Å². The molecule has 0 aliphatic carbocycles. The molecule has 2 aromatic carbocycles. The standard InChI is InChI=1S/C25H27N3O2S/c1-18-8-10-19(11-9-18)15-26-24(29)25(30)27-16-22(23-7-4-14-31-23)28-13-12-20-5-2-3-6-21(20)17-28/h2-11,14,22H,12-13,15-17H2,1H3,(H,26,29)(H,27,30). The summed E-state index contributed by atoms with van der Waals surface area (Å²) in [6.45, 7) is 4.52. The Labute approximate surface area is 187 Å². The van der Waals surface area contributed by atoms with Crippen molar-refractivity contribution in [2.45, 2.75) is 32.5 Å². The minimum absolute atomic E-state index is 0.0437. The second kappa shape index (κ2) is 9.90. The van der Waals surface area contributed by atoms with E-state index in [4.69, 9.17) is 0 Å². The fourth-order valence-corrected chi connectivity index (χ4v) is 4.77. The van der Waals surface area contributed by atoms with Crippen LogP contribution in [0.5, 0.6) is 0 Å². The van der Waals surface area contributed by atoms with Crippen molar-refractivity contribution >= 4 is 23.2 Å². The van der Waals surface area contributed by atoms with Crippen LogP contribution in [0.2, 0.25) is 0 Å². The highest BCUT2D eigenvalue weighted by atomic mass is 32.1. The van der Waals surface area contributed by atoms with Gasteiger partial charge in [0.2, 0.25) is 0 Å². The molecule has 1 unspecified atom stereocenters. The van der Waals surface area contributed by atoms with Gasteiger partial charge in [0, 0.05) is 31.1 Å². The van der Waals surface area contributed by atoms with Crippen LogP contribution in [0, 0.1) is 6.92 Å². The van der Waals surface area contributed by atoms with Gasteiger partial charge in [0.25, 0.3) is 0 Å². The molecule has 0 saturated carbocycles. The maximum Gasteiger partial charge on any atom is 0.309 e. The van der Waals surface area contributed by atoms with Gasteiger partial charge in [0.1, 0.15) is 0 Å². The number of benzene rings is 2. The van der Waals surface area contributed by atoms with Gasteiger partial charge in [-0.05, 0) is 41.5 Å². The van der Waals surface area contributed by atoms with Crippen molar-refractivity contribution in [3.05, 3.63) is 93.2 Å². The largest absolute Gasteiger partial charge is 0.346 e. The van der Waals surface area contributed by atoms with Crippen molar-refractivity contribution in [2.75, 3.05) is 13.1 Å². The van der Waals surface area contributed by atoms with Gasteiger partial charge in [-0.15, -0.1) is 11.3 Å². The number of carbonyl (C=O) groups excluding carboxylic acids is 2. The Morgan fingerprint density at radius 3 is 2.45 bits per heavy atom. The van der Waals surface area contributed by atoms with Crippen LogP contribution in [0.3, 0.4) is 0 Å². The van der Waals surface area contributed by atoms with Crippen LogP contribution in [0.15, 0.2) is 66.0 Å². The van der Waals surface area contributed by atoms with E-state index >= 15 is 0 Å². The maximum absolute atomic E-state index is 12.4. The fraction of sp³-hybridized carbons (Fsp3) is 0.280. The van der Waals surface area contributed by atoms with Crippen LogP contribution in [-0.4, -0.2) is 29.8 Å². The lowest BCUT2D eigenvalue weighted by molar-refractivity contribution is -0.139. The average Bonchev–Trinajstić information content (AvgIpc) is 3.33. The highest BCUT2D eigenvalue weighted by Crippen LogP contribution is 2.29. The average molecular weight is 434 g/mol. The van der Waals surface area contributed by atoms with Gasteiger partial charge in [0.05, 0.1) is 6.04 Å². The van der Waals surface area contributed by atoms with Crippen LogP contribution >= 0.6 is 11.3 Å². The molecule has 1 aliphatic rings. The summed E-state index contributed by atoms with van der Waals surface area (Å²) in [5, 5.41) is 7.61. The predicted molar refractivity (Wildman–Crippen MR) is 124 cm³/mol. The molecule has 1 aliphatic heterocycles. The number of rotatable bonds is 6. The number of thiophene rings is 1. The van der Waals surface area contributed by atoms with Crippen molar-refractivity contribution < 1.29 is 9.59 Å². The van der Waals surface area contributed by atoms with Crippen LogP contribution in [0.1, 0.15) is 33.2 Å². The van der Waals surface area contributed by atoms with E-state index in [-0.39, 0.29) is 6.04 Å². The zero-order chi connectivity index (χ0) is 21.6. The molecule has 31 heavy (non-hydrogen) atoms. The molecular formula is C25H27N3O2S. The van der Waals surface area contributed by atoms with Crippen molar-refractivity contribution in [3.8, 4) is 0 Å². The Kier molecular flexibility index (Phi) is 6.79. The summed E-state index contributed by atoms with van der Waals surface area (Å²) in [4.78, 5) is 28.3. The van der Waals surface area contributed by atoms with Crippen LogP contribution in [-0.2, 0) is 29.1 Å². The normalized spacial score (nSPS) is 14.5. The molecule has 0 saturated heterocycles. The van der Waals surface area contributed by atoms with Crippen LogP contribution in [0.4, 0.5) is 0 Å². The van der Waals surface area contributed by atoms with Gasteiger partial charge >= 0.3 is 11.8 Å². The first-order valence-corrected chi connectivity index (χ1v) is 11.4. The molecule has 3 aromatic rings.